The minimum absolute atomic E-state index is 0.0752. The lowest BCUT2D eigenvalue weighted by Gasteiger charge is -2.16. The lowest BCUT2D eigenvalue weighted by Crippen LogP contribution is -2.30. The maximum atomic E-state index is 10.5. The van der Waals surface area contributed by atoms with Crippen LogP contribution < -0.4 is 5.73 Å². The number of carbonyl (C=O) groups is 1. The minimum Gasteiger partial charge on any atom is -0.481 e. The van der Waals surface area contributed by atoms with Crippen molar-refractivity contribution in [2.75, 3.05) is 5.73 Å². The van der Waals surface area contributed by atoms with Crippen LogP contribution >= 0.6 is 0 Å². The van der Waals surface area contributed by atoms with Crippen LogP contribution in [0.1, 0.15) is 25.5 Å². The predicted molar refractivity (Wildman–Crippen MR) is 86.3 cm³/mol. The largest absolute Gasteiger partial charge is 0.481 e. The lowest BCUT2D eigenvalue weighted by atomic mass is 10.1. The van der Waals surface area contributed by atoms with Gasteiger partial charge >= 0.3 is 5.97 Å². The van der Waals surface area contributed by atoms with Crippen LogP contribution in [0.15, 0.2) is 24.8 Å². The van der Waals surface area contributed by atoms with Crippen molar-refractivity contribution in [3.63, 3.8) is 0 Å². The van der Waals surface area contributed by atoms with E-state index in [2.05, 4.69) is 15.0 Å². The first kappa shape index (κ1) is 17.3. The second kappa shape index (κ2) is 7.13. The van der Waals surface area contributed by atoms with Crippen LogP contribution in [0, 0.1) is 0 Å². The summed E-state index contributed by atoms with van der Waals surface area (Å²) in [6.45, 7) is 0. The molecule has 0 bridgehead atoms. The Labute approximate surface area is 142 Å². The van der Waals surface area contributed by atoms with Crippen molar-refractivity contribution < 1.29 is 24.9 Å². The number of hydrogen-bond donors (Lipinski definition) is 4. The van der Waals surface area contributed by atoms with Crippen LogP contribution in [-0.4, -0.2) is 59.1 Å². The molecule has 0 radical (unpaired) electrons. The van der Waals surface area contributed by atoms with Gasteiger partial charge in [0.05, 0.1) is 6.33 Å². The average molecular weight is 349 g/mol. The number of nitrogens with two attached hydrogens (primary N) is 1. The first-order valence-corrected chi connectivity index (χ1v) is 7.82. The number of imidazole rings is 1. The zero-order chi connectivity index (χ0) is 18.0. The number of aliphatic carboxylic acids is 1. The van der Waals surface area contributed by atoms with Crippen molar-refractivity contribution in [3.8, 4) is 0 Å². The average Bonchev–Trinajstić information content (AvgIpc) is 3.11. The number of allylic oxidation sites excluding steroid dienone is 1. The molecular weight excluding hydrogens is 330 g/mol. The van der Waals surface area contributed by atoms with Crippen molar-refractivity contribution in [1.82, 2.24) is 19.5 Å². The summed E-state index contributed by atoms with van der Waals surface area (Å²) in [5.41, 5.74) is 6.53. The molecule has 10 heteroatoms. The zero-order valence-corrected chi connectivity index (χ0v) is 13.3. The van der Waals surface area contributed by atoms with Gasteiger partial charge < -0.3 is 25.8 Å². The van der Waals surface area contributed by atoms with E-state index in [9.17, 15) is 15.0 Å². The maximum Gasteiger partial charge on any atom is 0.303 e. The number of unbranched alkanes of at least 4 members (excludes halogenated alkanes) is 1. The highest BCUT2D eigenvalue weighted by molar-refractivity contribution is 5.81. The predicted octanol–water partition coefficient (Wildman–Crippen LogP) is -0.161. The number of anilines is 1. The molecule has 10 nitrogen and oxygen atoms in total. The molecule has 0 aromatic carbocycles. The molecule has 3 rings (SSSR count). The third kappa shape index (κ3) is 3.45. The Morgan fingerprint density at radius 3 is 2.88 bits per heavy atom. The number of aromatic nitrogens is 4. The number of aliphatic hydroxyl groups is 2. The maximum absolute atomic E-state index is 10.5. The molecule has 1 saturated heterocycles. The summed E-state index contributed by atoms with van der Waals surface area (Å²) in [5.74, 6) is -0.638. The highest BCUT2D eigenvalue weighted by Crippen LogP contribution is 2.32. The summed E-state index contributed by atoms with van der Waals surface area (Å²) >= 11 is 0. The van der Waals surface area contributed by atoms with Gasteiger partial charge in [-0.3, -0.25) is 9.36 Å². The first-order valence-electron chi connectivity index (χ1n) is 7.82. The van der Waals surface area contributed by atoms with Gasteiger partial charge in [-0.05, 0) is 12.8 Å². The van der Waals surface area contributed by atoms with Gasteiger partial charge in [0.2, 0.25) is 0 Å². The molecule has 0 unspecified atom stereocenters. The number of nitrogen functional groups attached to an aromatic ring is 1. The third-order valence-electron chi connectivity index (χ3n) is 4.02. The molecule has 5 N–H and O–H groups in total. The Bertz CT molecular complexity index is 792. The molecule has 3 heterocycles. The standard InChI is InChI=1S/C15H19N5O5/c16-13-10-14(18-6-17-13)20(7-19-10)15-12(24)11(23)8(25-15)4-2-1-3-5-9(21)22/h2,4,6-8,11-12,15,23-24H,1,3,5H2,(H,21,22)(H2,16,17,18)/b4-2+/t8-,11-,12-,15-/m1/s1. The van der Waals surface area contributed by atoms with E-state index in [1.165, 1.54) is 17.2 Å². The highest BCUT2D eigenvalue weighted by Gasteiger charge is 2.43. The quantitative estimate of drug-likeness (QED) is 0.411. The Hall–Kier alpha value is -2.56. The molecule has 1 fully saturated rings. The normalized spacial score (nSPS) is 26.6. The third-order valence-corrected chi connectivity index (χ3v) is 4.02. The monoisotopic (exact) mass is 349 g/mol. The fourth-order valence-electron chi connectivity index (χ4n) is 2.73. The molecule has 0 aliphatic carbocycles. The molecule has 2 aromatic rings. The van der Waals surface area contributed by atoms with Gasteiger partial charge in [-0.25, -0.2) is 15.0 Å². The number of aliphatic hydroxyl groups excluding tert-OH is 2. The Morgan fingerprint density at radius 2 is 2.12 bits per heavy atom. The van der Waals surface area contributed by atoms with Crippen LogP contribution in [-0.2, 0) is 9.53 Å². The smallest absolute Gasteiger partial charge is 0.303 e. The Kier molecular flexibility index (Phi) is 4.93. The molecule has 25 heavy (non-hydrogen) atoms. The number of nitrogens with zero attached hydrogens (tertiary/aromatic N) is 4. The van der Waals surface area contributed by atoms with Gasteiger partial charge in [0.1, 0.15) is 30.2 Å². The van der Waals surface area contributed by atoms with Gasteiger partial charge in [-0.1, -0.05) is 12.2 Å². The van der Waals surface area contributed by atoms with Crippen LogP contribution in [0.4, 0.5) is 5.82 Å². The summed E-state index contributed by atoms with van der Waals surface area (Å²) in [7, 11) is 0. The second-order valence-electron chi connectivity index (χ2n) is 5.77. The van der Waals surface area contributed by atoms with Crippen molar-refractivity contribution >= 4 is 23.0 Å². The van der Waals surface area contributed by atoms with Crippen LogP contribution in [0.2, 0.25) is 0 Å². The van der Waals surface area contributed by atoms with Crippen molar-refractivity contribution in [2.45, 2.75) is 43.8 Å². The highest BCUT2D eigenvalue weighted by atomic mass is 16.6. The van der Waals surface area contributed by atoms with Gasteiger partial charge in [0.15, 0.2) is 17.7 Å². The number of carboxylic acids is 1. The molecule has 1 aliphatic heterocycles. The molecule has 0 amide bonds. The summed E-state index contributed by atoms with van der Waals surface area (Å²) in [6, 6.07) is 0. The van der Waals surface area contributed by atoms with Gasteiger partial charge in [0, 0.05) is 6.42 Å². The molecule has 2 aromatic heterocycles. The lowest BCUT2D eigenvalue weighted by molar-refractivity contribution is -0.137. The summed E-state index contributed by atoms with van der Waals surface area (Å²) < 4.78 is 7.22. The van der Waals surface area contributed by atoms with Crippen LogP contribution in [0.25, 0.3) is 11.2 Å². The van der Waals surface area contributed by atoms with Gasteiger partial charge in [-0.2, -0.15) is 0 Å². The van der Waals surface area contributed by atoms with E-state index in [1.54, 1.807) is 12.2 Å². The minimum atomic E-state index is -1.18. The topological polar surface area (TPSA) is 157 Å². The molecule has 1 aliphatic rings. The SMILES string of the molecule is Nc1ncnc2c1ncn2[C@@H]1O[C@H](/C=C/CCCC(=O)O)[C@@H](O)[C@H]1O. The summed E-state index contributed by atoms with van der Waals surface area (Å²) in [5, 5.41) is 29.1. The Balaban J connectivity index is 1.72. The first-order chi connectivity index (χ1) is 12.0. The van der Waals surface area contributed by atoms with Gasteiger partial charge in [-0.15, -0.1) is 0 Å². The van der Waals surface area contributed by atoms with Crippen molar-refractivity contribution in [2.24, 2.45) is 0 Å². The Morgan fingerprint density at radius 1 is 1.32 bits per heavy atom. The molecule has 134 valence electrons. The molecular formula is C15H19N5O5. The fourth-order valence-corrected chi connectivity index (χ4v) is 2.73. The zero-order valence-electron chi connectivity index (χ0n) is 13.3. The van der Waals surface area contributed by atoms with Crippen LogP contribution in [0.5, 0.6) is 0 Å². The van der Waals surface area contributed by atoms with E-state index < -0.39 is 30.5 Å². The van der Waals surface area contributed by atoms with E-state index in [0.717, 1.165) is 0 Å². The summed E-state index contributed by atoms with van der Waals surface area (Å²) in [4.78, 5) is 22.5. The number of fused-ring (bicyclic) bond motifs is 1. The van der Waals surface area contributed by atoms with E-state index >= 15 is 0 Å². The number of carboxylic acid groups (broad SMARTS) is 1. The molecule has 4 atom stereocenters. The fraction of sp³-hybridized carbons (Fsp3) is 0.467. The van der Waals surface area contributed by atoms with E-state index in [4.69, 9.17) is 15.6 Å². The molecule has 0 spiro atoms. The van der Waals surface area contributed by atoms with E-state index in [1.807, 2.05) is 0 Å². The number of ether oxygens (including phenoxy) is 1. The van der Waals surface area contributed by atoms with Crippen molar-refractivity contribution in [1.29, 1.82) is 0 Å². The number of hydrogen-bond acceptors (Lipinski definition) is 8. The van der Waals surface area contributed by atoms with E-state index in [-0.39, 0.29) is 12.2 Å². The number of rotatable bonds is 6. The van der Waals surface area contributed by atoms with Crippen molar-refractivity contribution in [3.05, 3.63) is 24.8 Å². The van der Waals surface area contributed by atoms with E-state index in [0.29, 0.717) is 24.0 Å². The van der Waals surface area contributed by atoms with Crippen LogP contribution in [0.3, 0.4) is 0 Å². The van der Waals surface area contributed by atoms with Gasteiger partial charge in [0.25, 0.3) is 0 Å². The summed E-state index contributed by atoms with van der Waals surface area (Å²) in [6.07, 6.45) is 3.27. The second-order valence-corrected chi connectivity index (χ2v) is 5.77. The molecule has 0 saturated carbocycles.